The normalized spacial score (nSPS) is 13.2. The van der Waals surface area contributed by atoms with Crippen LogP contribution in [0.15, 0.2) is 23.2 Å². The number of carboxylic acid groups (broad SMARTS) is 1. The summed E-state index contributed by atoms with van der Waals surface area (Å²) in [5.41, 5.74) is 6.70. The highest BCUT2D eigenvalue weighted by Crippen LogP contribution is 2.27. The van der Waals surface area contributed by atoms with Crippen LogP contribution in [0.3, 0.4) is 0 Å². The molecule has 0 heterocycles. The van der Waals surface area contributed by atoms with E-state index in [9.17, 15) is 22.8 Å². The third-order valence-electron chi connectivity index (χ3n) is 5.26. The van der Waals surface area contributed by atoms with Crippen LogP contribution in [0.2, 0.25) is 0 Å². The molecule has 1 rings (SSSR count). The van der Waals surface area contributed by atoms with Gasteiger partial charge in [-0.1, -0.05) is 40.2 Å². The van der Waals surface area contributed by atoms with Gasteiger partial charge >= 0.3 is 12.1 Å². The van der Waals surface area contributed by atoms with Crippen molar-refractivity contribution in [3.8, 4) is 11.5 Å². The summed E-state index contributed by atoms with van der Waals surface area (Å²) in [6.07, 6.45) is -2.02. The Bertz CT molecular complexity index is 919. The maximum Gasteiger partial charge on any atom is 0.490 e. The fourth-order valence-electron chi connectivity index (χ4n) is 3.03. The number of nitrogens with two attached hydrogens (primary N) is 1. The molecule has 0 fully saturated rings. The molecule has 0 saturated heterocycles. The molecule has 0 radical (unpaired) electrons. The number of nitrogens with one attached hydrogen (secondary N) is 1. The van der Waals surface area contributed by atoms with Gasteiger partial charge in [0.05, 0.1) is 20.6 Å². The van der Waals surface area contributed by atoms with Gasteiger partial charge in [-0.05, 0) is 42.4 Å². The standard InChI is InChI=1S/C23H37N3O4.C2HF3O2/c1-7-16(4)8-10-19(27)18(12-15(2)3)25-23(24)26-22(28)14-17-9-11-20(29-5)21(13-17)30-6;3-2(4,5)1(6)7/h9,11,13,15-16,18H,7-8,10,12,14H2,1-6H3,(H3,24,25,26,28);(H,6,7)/t16-,18+;/m0./s1. The molecule has 0 aromatic heterocycles. The quantitative estimate of drug-likeness (QED) is 0.271. The number of halogens is 3. The third-order valence-corrected chi connectivity index (χ3v) is 5.26. The van der Waals surface area contributed by atoms with Crippen LogP contribution >= 0.6 is 0 Å². The summed E-state index contributed by atoms with van der Waals surface area (Å²) in [4.78, 5) is 38.2. The first-order valence-corrected chi connectivity index (χ1v) is 11.8. The molecule has 4 N–H and O–H groups in total. The molecule has 0 unspecified atom stereocenters. The lowest BCUT2D eigenvalue weighted by atomic mass is 9.94. The molecule has 210 valence electrons. The van der Waals surface area contributed by atoms with Crippen LogP contribution in [0.1, 0.15) is 58.9 Å². The number of carbonyl (C=O) groups excluding carboxylic acids is 2. The van der Waals surface area contributed by atoms with E-state index in [0.717, 1.165) is 18.4 Å². The zero-order valence-corrected chi connectivity index (χ0v) is 22.1. The van der Waals surface area contributed by atoms with E-state index in [1.165, 1.54) is 0 Å². The summed E-state index contributed by atoms with van der Waals surface area (Å²) in [7, 11) is 3.10. The van der Waals surface area contributed by atoms with Gasteiger partial charge in [0.15, 0.2) is 23.2 Å². The number of carboxylic acids is 1. The lowest BCUT2D eigenvalue weighted by molar-refractivity contribution is -0.192. The van der Waals surface area contributed by atoms with Crippen LogP contribution < -0.4 is 20.5 Å². The summed E-state index contributed by atoms with van der Waals surface area (Å²) in [6, 6.07) is 4.74. The van der Waals surface area contributed by atoms with Crippen LogP contribution in [0.25, 0.3) is 0 Å². The van der Waals surface area contributed by atoms with E-state index in [1.54, 1.807) is 32.4 Å². The summed E-state index contributed by atoms with van der Waals surface area (Å²) in [6.45, 7) is 8.33. The molecule has 0 aliphatic carbocycles. The molecular weight excluding hydrogens is 495 g/mol. The number of aliphatic imine (C=N–C) groups is 1. The molecule has 9 nitrogen and oxygen atoms in total. The highest BCUT2D eigenvalue weighted by molar-refractivity contribution is 5.98. The average Bonchev–Trinajstić information content (AvgIpc) is 2.80. The second-order valence-electron chi connectivity index (χ2n) is 8.90. The van der Waals surface area contributed by atoms with E-state index in [-0.39, 0.29) is 24.1 Å². The Morgan fingerprint density at radius 1 is 1.11 bits per heavy atom. The smallest absolute Gasteiger partial charge is 0.490 e. The first-order chi connectivity index (χ1) is 17.1. The fraction of sp³-hybridized carbons (Fsp3) is 0.600. The molecule has 0 aliphatic rings. The summed E-state index contributed by atoms with van der Waals surface area (Å²) < 4.78 is 42.2. The van der Waals surface area contributed by atoms with Gasteiger partial charge < -0.3 is 20.3 Å². The Kier molecular flexibility index (Phi) is 15.0. The Morgan fingerprint density at radius 2 is 1.68 bits per heavy atom. The number of benzene rings is 1. The van der Waals surface area contributed by atoms with Gasteiger partial charge in [0.2, 0.25) is 5.91 Å². The number of nitrogens with zero attached hydrogens (tertiary/aromatic N) is 1. The zero-order chi connectivity index (χ0) is 28.8. The molecule has 2 atom stereocenters. The lowest BCUT2D eigenvalue weighted by Crippen LogP contribution is -2.39. The highest BCUT2D eigenvalue weighted by atomic mass is 19.4. The van der Waals surface area contributed by atoms with Crippen molar-refractivity contribution in [2.75, 3.05) is 14.2 Å². The Hall–Kier alpha value is -3.31. The SMILES string of the molecule is CC[C@H](C)CCC(=O)[C@@H](CC(C)C)N=C(N)NC(=O)Cc1ccc(OC)c(OC)c1.O=C(O)C(F)(F)F. The monoisotopic (exact) mass is 533 g/mol. The predicted molar refractivity (Wildman–Crippen MR) is 134 cm³/mol. The van der Waals surface area contributed by atoms with Crippen LogP contribution in [-0.2, 0) is 20.8 Å². The number of aliphatic carboxylic acids is 1. The number of alkyl halides is 3. The van der Waals surface area contributed by atoms with Gasteiger partial charge in [-0.3, -0.25) is 14.9 Å². The summed E-state index contributed by atoms with van der Waals surface area (Å²) >= 11 is 0. The minimum Gasteiger partial charge on any atom is -0.493 e. The number of ether oxygens (including phenoxy) is 2. The number of amides is 1. The summed E-state index contributed by atoms with van der Waals surface area (Å²) in [5.74, 6) is -1.09. The van der Waals surface area contributed by atoms with Crippen molar-refractivity contribution in [2.45, 2.75) is 72.0 Å². The topological polar surface area (TPSA) is 140 Å². The number of guanidine groups is 1. The van der Waals surface area contributed by atoms with E-state index in [4.69, 9.17) is 25.1 Å². The maximum absolute atomic E-state index is 12.6. The van der Waals surface area contributed by atoms with Crippen molar-refractivity contribution in [3.63, 3.8) is 0 Å². The number of hydrogen-bond acceptors (Lipinski definition) is 6. The fourth-order valence-corrected chi connectivity index (χ4v) is 3.03. The second-order valence-corrected chi connectivity index (χ2v) is 8.90. The lowest BCUT2D eigenvalue weighted by Gasteiger charge is -2.16. The summed E-state index contributed by atoms with van der Waals surface area (Å²) in [5, 5.41) is 9.72. The van der Waals surface area contributed by atoms with E-state index >= 15 is 0 Å². The molecule has 37 heavy (non-hydrogen) atoms. The van der Waals surface area contributed by atoms with Crippen molar-refractivity contribution >= 4 is 23.6 Å². The number of carbonyl (C=O) groups is 3. The van der Waals surface area contributed by atoms with Gasteiger partial charge in [-0.2, -0.15) is 13.2 Å². The van der Waals surface area contributed by atoms with Crippen LogP contribution in [-0.4, -0.2) is 55.2 Å². The predicted octanol–water partition coefficient (Wildman–Crippen LogP) is 4.12. The molecule has 12 heteroatoms. The Morgan fingerprint density at radius 3 is 2.14 bits per heavy atom. The van der Waals surface area contributed by atoms with Gasteiger partial charge in [0.25, 0.3) is 0 Å². The van der Waals surface area contributed by atoms with Crippen molar-refractivity contribution in [3.05, 3.63) is 23.8 Å². The Labute approximate surface area is 215 Å². The van der Waals surface area contributed by atoms with E-state index in [1.807, 2.05) is 13.8 Å². The van der Waals surface area contributed by atoms with Gasteiger partial charge in [0.1, 0.15) is 6.04 Å². The highest BCUT2D eigenvalue weighted by Gasteiger charge is 2.38. The molecule has 0 saturated carbocycles. The first-order valence-electron chi connectivity index (χ1n) is 11.8. The van der Waals surface area contributed by atoms with Crippen LogP contribution in [0, 0.1) is 11.8 Å². The van der Waals surface area contributed by atoms with Gasteiger partial charge in [0, 0.05) is 6.42 Å². The van der Waals surface area contributed by atoms with Gasteiger partial charge in [-0.15, -0.1) is 0 Å². The van der Waals surface area contributed by atoms with Crippen molar-refractivity contribution in [1.82, 2.24) is 5.32 Å². The van der Waals surface area contributed by atoms with Crippen molar-refractivity contribution in [1.29, 1.82) is 0 Å². The molecule has 1 amide bonds. The molecule has 0 spiro atoms. The number of ketones is 1. The zero-order valence-electron chi connectivity index (χ0n) is 22.1. The molecule has 0 aliphatic heterocycles. The maximum atomic E-state index is 12.6. The number of Topliss-reactive ketones (excluding diaryl/α,β-unsaturated/α-hetero) is 1. The molecule has 1 aromatic rings. The minimum absolute atomic E-state index is 0.0250. The van der Waals surface area contributed by atoms with Gasteiger partial charge in [-0.25, -0.2) is 9.79 Å². The van der Waals surface area contributed by atoms with E-state index in [0.29, 0.717) is 36.2 Å². The average molecular weight is 534 g/mol. The molecule has 0 bridgehead atoms. The second kappa shape index (κ2) is 16.4. The number of methoxy groups -OCH3 is 2. The minimum atomic E-state index is -5.08. The van der Waals surface area contributed by atoms with Crippen LogP contribution in [0.5, 0.6) is 11.5 Å². The van der Waals surface area contributed by atoms with E-state index < -0.39 is 18.2 Å². The number of rotatable bonds is 12. The molecular formula is C25H38F3N3O6. The third kappa shape index (κ3) is 14.1. The van der Waals surface area contributed by atoms with Crippen molar-refractivity contribution in [2.24, 2.45) is 22.6 Å². The van der Waals surface area contributed by atoms with E-state index in [2.05, 4.69) is 24.2 Å². The Balaban J connectivity index is 0.00000161. The number of hydrogen-bond donors (Lipinski definition) is 3. The molecule has 1 aromatic carbocycles. The van der Waals surface area contributed by atoms with Crippen LogP contribution in [0.4, 0.5) is 13.2 Å². The van der Waals surface area contributed by atoms with Crippen molar-refractivity contribution < 1.29 is 42.1 Å². The largest absolute Gasteiger partial charge is 0.493 e. The first kappa shape index (κ1) is 33.7.